The van der Waals surface area contributed by atoms with Gasteiger partial charge in [-0.15, -0.1) is 0 Å². The molecule has 114 valence electrons. The summed E-state index contributed by atoms with van der Waals surface area (Å²) in [6.07, 6.45) is 7.33. The first-order chi connectivity index (χ1) is 10.2. The quantitative estimate of drug-likeness (QED) is 0.827. The van der Waals surface area contributed by atoms with Crippen LogP contribution >= 0.6 is 0 Å². The summed E-state index contributed by atoms with van der Waals surface area (Å²) in [5.74, 6) is 0.293. The molecule has 0 aromatic carbocycles. The van der Waals surface area contributed by atoms with E-state index >= 15 is 0 Å². The van der Waals surface area contributed by atoms with E-state index in [1.165, 1.54) is 0 Å². The smallest absolute Gasteiger partial charge is 0.0945 e. The number of β-amino-alcohol motifs (C(OH)–C–C–N with tert-alkyl or cyclic N) is 1. The molecule has 0 radical (unpaired) electrons. The first-order valence-corrected chi connectivity index (χ1v) is 7.58. The number of aliphatic hydroxyl groups is 1. The Bertz CT molecular complexity index is 550. The molecule has 3 rings (SSSR count). The summed E-state index contributed by atoms with van der Waals surface area (Å²) in [6, 6.07) is 2.06. The van der Waals surface area contributed by atoms with Crippen LogP contribution in [-0.2, 0) is 13.0 Å². The molecule has 0 saturated carbocycles. The van der Waals surface area contributed by atoms with Gasteiger partial charge in [0, 0.05) is 43.6 Å². The summed E-state index contributed by atoms with van der Waals surface area (Å²) < 4.78 is 2.09. The van der Waals surface area contributed by atoms with Crippen LogP contribution in [0.15, 0.2) is 24.8 Å². The van der Waals surface area contributed by atoms with E-state index in [4.69, 9.17) is 0 Å². The number of aliphatic hydroxyl groups excluding tert-OH is 1. The van der Waals surface area contributed by atoms with E-state index in [9.17, 15) is 5.11 Å². The molecule has 2 atom stereocenters. The van der Waals surface area contributed by atoms with E-state index in [1.54, 1.807) is 0 Å². The molecule has 2 N–H and O–H groups in total. The van der Waals surface area contributed by atoms with Crippen LogP contribution in [0.25, 0.3) is 0 Å². The van der Waals surface area contributed by atoms with Crippen molar-refractivity contribution in [2.75, 3.05) is 19.6 Å². The van der Waals surface area contributed by atoms with E-state index in [2.05, 4.69) is 30.7 Å². The third-order valence-electron chi connectivity index (χ3n) is 4.16. The number of aryl methyl sites for hydroxylation is 2. The Kier molecular flexibility index (Phi) is 4.36. The second kappa shape index (κ2) is 6.41. The molecular formula is C15H23N5O. The van der Waals surface area contributed by atoms with Crippen LogP contribution in [0, 0.1) is 12.8 Å². The van der Waals surface area contributed by atoms with Crippen molar-refractivity contribution in [1.82, 2.24) is 24.6 Å². The van der Waals surface area contributed by atoms with Crippen LogP contribution in [0.5, 0.6) is 0 Å². The molecule has 2 aromatic heterocycles. The highest BCUT2D eigenvalue weighted by Crippen LogP contribution is 2.21. The first-order valence-electron chi connectivity index (χ1n) is 7.58. The molecule has 2 aromatic rings. The monoisotopic (exact) mass is 289 g/mol. The Morgan fingerprint density at radius 1 is 1.38 bits per heavy atom. The summed E-state index contributed by atoms with van der Waals surface area (Å²) in [5, 5.41) is 17.5. The Balaban J connectivity index is 1.44. The van der Waals surface area contributed by atoms with Gasteiger partial charge in [0.2, 0.25) is 0 Å². The fourth-order valence-corrected chi connectivity index (χ4v) is 3.07. The van der Waals surface area contributed by atoms with Gasteiger partial charge in [-0.2, -0.15) is 5.10 Å². The zero-order chi connectivity index (χ0) is 14.7. The molecule has 6 nitrogen and oxygen atoms in total. The van der Waals surface area contributed by atoms with Crippen LogP contribution in [0.4, 0.5) is 0 Å². The largest absolute Gasteiger partial charge is 0.391 e. The van der Waals surface area contributed by atoms with Crippen LogP contribution in [0.1, 0.15) is 17.8 Å². The van der Waals surface area contributed by atoms with Crippen molar-refractivity contribution in [2.24, 2.45) is 5.92 Å². The third-order valence-corrected chi connectivity index (χ3v) is 4.16. The van der Waals surface area contributed by atoms with Crippen molar-refractivity contribution in [3.05, 3.63) is 36.2 Å². The highest BCUT2D eigenvalue weighted by atomic mass is 16.3. The predicted octanol–water partition coefficient (Wildman–Crippen LogP) is 0.840. The van der Waals surface area contributed by atoms with Crippen molar-refractivity contribution in [1.29, 1.82) is 0 Å². The van der Waals surface area contributed by atoms with E-state index in [1.807, 2.05) is 25.6 Å². The number of hydrogen-bond donors (Lipinski definition) is 2. The van der Waals surface area contributed by atoms with Crippen LogP contribution in [-0.4, -0.2) is 55.5 Å². The van der Waals surface area contributed by atoms with E-state index < -0.39 is 0 Å². The van der Waals surface area contributed by atoms with Crippen molar-refractivity contribution in [3.8, 4) is 0 Å². The highest BCUT2D eigenvalue weighted by molar-refractivity contribution is 5.08. The number of likely N-dealkylation sites (tertiary alicyclic amines) is 1. The maximum absolute atomic E-state index is 10.2. The van der Waals surface area contributed by atoms with Gasteiger partial charge in [-0.3, -0.25) is 5.10 Å². The van der Waals surface area contributed by atoms with Gasteiger partial charge in [-0.1, -0.05) is 0 Å². The molecule has 1 saturated heterocycles. The van der Waals surface area contributed by atoms with Crippen molar-refractivity contribution in [2.45, 2.75) is 32.4 Å². The Morgan fingerprint density at radius 2 is 2.29 bits per heavy atom. The zero-order valence-corrected chi connectivity index (χ0v) is 12.4. The maximum Gasteiger partial charge on any atom is 0.0945 e. The van der Waals surface area contributed by atoms with E-state index in [-0.39, 0.29) is 6.10 Å². The van der Waals surface area contributed by atoms with Gasteiger partial charge >= 0.3 is 0 Å². The topological polar surface area (TPSA) is 70.0 Å². The molecule has 1 aliphatic heterocycles. The fourth-order valence-electron chi connectivity index (χ4n) is 3.07. The lowest BCUT2D eigenvalue weighted by Gasteiger charge is -2.15. The minimum atomic E-state index is -0.241. The second-order valence-corrected chi connectivity index (χ2v) is 5.99. The van der Waals surface area contributed by atoms with Gasteiger partial charge in [0.25, 0.3) is 0 Å². The van der Waals surface area contributed by atoms with Crippen LogP contribution < -0.4 is 0 Å². The number of aromatic nitrogens is 4. The van der Waals surface area contributed by atoms with Gasteiger partial charge in [0.05, 0.1) is 18.1 Å². The molecular weight excluding hydrogens is 266 g/mol. The molecule has 21 heavy (non-hydrogen) atoms. The fraction of sp³-hybridized carbons (Fsp3) is 0.600. The van der Waals surface area contributed by atoms with Crippen molar-refractivity contribution < 1.29 is 5.11 Å². The molecule has 6 heteroatoms. The Hall–Kier alpha value is -1.66. The lowest BCUT2D eigenvalue weighted by atomic mass is 10.0. The number of aromatic amines is 1. The van der Waals surface area contributed by atoms with Gasteiger partial charge in [-0.25, -0.2) is 4.98 Å². The maximum atomic E-state index is 10.2. The van der Waals surface area contributed by atoms with Gasteiger partial charge in [-0.05, 0) is 32.4 Å². The summed E-state index contributed by atoms with van der Waals surface area (Å²) in [4.78, 5) is 6.40. The summed E-state index contributed by atoms with van der Waals surface area (Å²) in [6.45, 7) is 5.74. The summed E-state index contributed by atoms with van der Waals surface area (Å²) in [7, 11) is 0. The number of imidazole rings is 1. The SMILES string of the molecule is Cc1cc(C[C@@H]2CN(CCCn3ccnc3)C[C@H]2O)n[nH]1. The average molecular weight is 289 g/mol. The molecule has 0 spiro atoms. The number of rotatable bonds is 6. The molecule has 0 unspecified atom stereocenters. The van der Waals surface area contributed by atoms with Crippen molar-refractivity contribution >= 4 is 0 Å². The number of H-pyrrole nitrogens is 1. The molecule has 1 aliphatic rings. The predicted molar refractivity (Wildman–Crippen MR) is 79.8 cm³/mol. The lowest BCUT2D eigenvalue weighted by Crippen LogP contribution is -2.24. The van der Waals surface area contributed by atoms with Crippen LogP contribution in [0.2, 0.25) is 0 Å². The van der Waals surface area contributed by atoms with Gasteiger partial charge in [0.15, 0.2) is 0 Å². The molecule has 0 amide bonds. The summed E-state index contributed by atoms with van der Waals surface area (Å²) >= 11 is 0. The minimum Gasteiger partial charge on any atom is -0.391 e. The first kappa shape index (κ1) is 14.3. The Labute approximate surface area is 124 Å². The normalized spacial score (nSPS) is 23.0. The average Bonchev–Trinajstić information content (AvgIpc) is 3.15. The highest BCUT2D eigenvalue weighted by Gasteiger charge is 2.31. The van der Waals surface area contributed by atoms with Gasteiger partial charge < -0.3 is 14.6 Å². The molecule has 1 fully saturated rings. The summed E-state index contributed by atoms with van der Waals surface area (Å²) in [5.41, 5.74) is 2.13. The van der Waals surface area contributed by atoms with E-state index in [0.29, 0.717) is 5.92 Å². The standard InChI is InChI=1S/C15H23N5O/c1-12-7-14(18-17-12)8-13-9-20(10-15(13)21)5-2-4-19-6-3-16-11-19/h3,6-7,11,13,15,21H,2,4-5,8-10H2,1H3,(H,17,18)/t13-,15-/m1/s1. The second-order valence-electron chi connectivity index (χ2n) is 5.99. The van der Waals surface area contributed by atoms with Crippen molar-refractivity contribution in [3.63, 3.8) is 0 Å². The lowest BCUT2D eigenvalue weighted by molar-refractivity contribution is 0.141. The number of nitrogens with zero attached hydrogens (tertiary/aromatic N) is 4. The Morgan fingerprint density at radius 3 is 3.00 bits per heavy atom. The zero-order valence-electron chi connectivity index (χ0n) is 12.4. The molecule has 3 heterocycles. The number of hydrogen-bond acceptors (Lipinski definition) is 4. The molecule has 0 bridgehead atoms. The minimum absolute atomic E-state index is 0.241. The third kappa shape index (κ3) is 3.71. The van der Waals surface area contributed by atoms with Crippen LogP contribution in [0.3, 0.4) is 0 Å². The molecule has 0 aliphatic carbocycles. The number of nitrogens with one attached hydrogen (secondary N) is 1. The van der Waals surface area contributed by atoms with Gasteiger partial charge in [0.1, 0.15) is 0 Å². The van der Waals surface area contributed by atoms with E-state index in [0.717, 1.165) is 50.4 Å².